The SMILES string of the molecule is O=C(c1cccnc1)N1CCC2(CC1)c1nc[nH]c1CCN2C(=O)C1CC1. The average molecular weight is 365 g/mol. The van der Waals surface area contributed by atoms with Gasteiger partial charge in [0.25, 0.3) is 5.91 Å². The molecule has 0 unspecified atom stereocenters. The van der Waals surface area contributed by atoms with Gasteiger partial charge in [-0.15, -0.1) is 0 Å². The van der Waals surface area contributed by atoms with Gasteiger partial charge in [0, 0.05) is 50.1 Å². The van der Waals surface area contributed by atoms with Crippen LogP contribution in [0.4, 0.5) is 0 Å². The van der Waals surface area contributed by atoms with Crippen LogP contribution in [-0.4, -0.2) is 56.2 Å². The molecule has 3 aliphatic rings. The number of piperidine rings is 1. The topological polar surface area (TPSA) is 82.2 Å². The van der Waals surface area contributed by atoms with Gasteiger partial charge in [0.15, 0.2) is 0 Å². The van der Waals surface area contributed by atoms with Gasteiger partial charge in [-0.1, -0.05) is 0 Å². The number of nitrogens with zero attached hydrogens (tertiary/aromatic N) is 4. The Labute approximate surface area is 157 Å². The van der Waals surface area contributed by atoms with Crippen LogP contribution in [0.3, 0.4) is 0 Å². The van der Waals surface area contributed by atoms with Gasteiger partial charge in [-0.3, -0.25) is 14.6 Å². The number of imidazole rings is 1. The molecule has 0 aromatic carbocycles. The summed E-state index contributed by atoms with van der Waals surface area (Å²) in [7, 11) is 0. The number of carbonyl (C=O) groups excluding carboxylic acids is 2. The van der Waals surface area contributed by atoms with Crippen LogP contribution < -0.4 is 0 Å². The maximum Gasteiger partial charge on any atom is 0.255 e. The highest BCUT2D eigenvalue weighted by molar-refractivity contribution is 5.94. The number of H-pyrrole nitrogens is 1. The lowest BCUT2D eigenvalue weighted by Crippen LogP contribution is -2.59. The van der Waals surface area contributed by atoms with Crippen molar-refractivity contribution in [3.05, 3.63) is 47.8 Å². The van der Waals surface area contributed by atoms with Crippen molar-refractivity contribution < 1.29 is 9.59 Å². The molecule has 5 rings (SSSR count). The number of carbonyl (C=O) groups is 2. The molecule has 7 heteroatoms. The summed E-state index contributed by atoms with van der Waals surface area (Å²) < 4.78 is 0. The van der Waals surface area contributed by atoms with Crippen molar-refractivity contribution >= 4 is 11.8 Å². The average Bonchev–Trinajstić information content (AvgIpc) is 3.45. The largest absolute Gasteiger partial charge is 0.348 e. The van der Waals surface area contributed by atoms with Gasteiger partial charge in [0.1, 0.15) is 0 Å². The summed E-state index contributed by atoms with van der Waals surface area (Å²) in [5.74, 6) is 0.476. The molecule has 2 aromatic rings. The maximum atomic E-state index is 13.0. The first kappa shape index (κ1) is 16.5. The number of aromatic amines is 1. The lowest BCUT2D eigenvalue weighted by atomic mass is 9.78. The number of nitrogens with one attached hydrogen (secondary N) is 1. The molecule has 27 heavy (non-hydrogen) atoms. The highest BCUT2D eigenvalue weighted by Crippen LogP contribution is 2.45. The second-order valence-electron chi connectivity index (χ2n) is 7.81. The Hall–Kier alpha value is -2.70. The van der Waals surface area contributed by atoms with E-state index >= 15 is 0 Å². The zero-order valence-electron chi connectivity index (χ0n) is 15.2. The first-order chi connectivity index (χ1) is 13.2. The third kappa shape index (κ3) is 2.64. The summed E-state index contributed by atoms with van der Waals surface area (Å²) in [4.78, 5) is 41.7. The predicted molar refractivity (Wildman–Crippen MR) is 97.8 cm³/mol. The fraction of sp³-hybridized carbons (Fsp3) is 0.500. The summed E-state index contributed by atoms with van der Waals surface area (Å²) in [6.45, 7) is 1.98. The molecule has 1 aliphatic carbocycles. The Morgan fingerprint density at radius 3 is 2.70 bits per heavy atom. The van der Waals surface area contributed by atoms with Crippen LogP contribution in [0.15, 0.2) is 30.9 Å². The smallest absolute Gasteiger partial charge is 0.255 e. The molecule has 2 aromatic heterocycles. The summed E-state index contributed by atoms with van der Waals surface area (Å²) in [5, 5.41) is 0. The minimum absolute atomic E-state index is 0.0103. The van der Waals surface area contributed by atoms with E-state index in [0.29, 0.717) is 18.7 Å². The van der Waals surface area contributed by atoms with Crippen molar-refractivity contribution in [1.82, 2.24) is 24.8 Å². The monoisotopic (exact) mass is 365 g/mol. The molecule has 0 radical (unpaired) electrons. The molecule has 7 nitrogen and oxygen atoms in total. The molecule has 1 saturated carbocycles. The number of aromatic nitrogens is 3. The summed E-state index contributed by atoms with van der Waals surface area (Å²) >= 11 is 0. The van der Waals surface area contributed by atoms with Crippen LogP contribution in [0.1, 0.15) is 47.4 Å². The van der Waals surface area contributed by atoms with E-state index in [2.05, 4.69) is 19.9 Å². The summed E-state index contributed by atoms with van der Waals surface area (Å²) in [6, 6.07) is 3.58. The van der Waals surface area contributed by atoms with Crippen molar-refractivity contribution in [2.75, 3.05) is 19.6 Å². The molecule has 2 amide bonds. The van der Waals surface area contributed by atoms with Crippen LogP contribution in [0.25, 0.3) is 0 Å². The lowest BCUT2D eigenvalue weighted by molar-refractivity contribution is -0.143. The summed E-state index contributed by atoms with van der Waals surface area (Å²) in [5.41, 5.74) is 2.39. The highest BCUT2D eigenvalue weighted by Gasteiger charge is 2.51. The molecule has 140 valence electrons. The van der Waals surface area contributed by atoms with Gasteiger partial charge in [-0.2, -0.15) is 0 Å². The van der Waals surface area contributed by atoms with Gasteiger partial charge < -0.3 is 14.8 Å². The molecule has 1 spiro atoms. The number of fused-ring (bicyclic) bond motifs is 2. The minimum atomic E-state index is -0.376. The molecule has 0 atom stereocenters. The van der Waals surface area contributed by atoms with E-state index in [9.17, 15) is 9.59 Å². The second-order valence-corrected chi connectivity index (χ2v) is 7.81. The van der Waals surface area contributed by atoms with Crippen LogP contribution in [0.2, 0.25) is 0 Å². The Morgan fingerprint density at radius 2 is 2.00 bits per heavy atom. The van der Waals surface area contributed by atoms with E-state index in [4.69, 9.17) is 0 Å². The standard InChI is InChI=1S/C20H23N5O2/c26-18(15-2-1-8-21-12-15)24-10-6-20(7-11-24)17-16(22-13-23-17)5-9-25(20)19(27)14-3-4-14/h1-2,8,12-14H,3-7,9-11H2,(H,22,23). The molecule has 2 fully saturated rings. The van der Waals surface area contributed by atoms with Crippen molar-refractivity contribution in [3.8, 4) is 0 Å². The van der Waals surface area contributed by atoms with E-state index in [1.54, 1.807) is 30.9 Å². The van der Waals surface area contributed by atoms with Gasteiger partial charge in [0.2, 0.25) is 5.91 Å². The van der Waals surface area contributed by atoms with E-state index < -0.39 is 0 Å². The van der Waals surface area contributed by atoms with Gasteiger partial charge in [0.05, 0.1) is 23.1 Å². The zero-order valence-corrected chi connectivity index (χ0v) is 15.2. The number of hydrogen-bond acceptors (Lipinski definition) is 4. The molecule has 1 saturated heterocycles. The van der Waals surface area contributed by atoms with Crippen LogP contribution in [0.5, 0.6) is 0 Å². The Bertz CT molecular complexity index is 866. The van der Waals surface area contributed by atoms with Crippen molar-refractivity contribution in [1.29, 1.82) is 0 Å². The lowest BCUT2D eigenvalue weighted by Gasteiger charge is -2.50. The highest BCUT2D eigenvalue weighted by atomic mass is 16.2. The number of pyridine rings is 1. The fourth-order valence-electron chi connectivity index (χ4n) is 4.61. The van der Waals surface area contributed by atoms with E-state index in [-0.39, 0.29) is 23.3 Å². The van der Waals surface area contributed by atoms with Gasteiger partial charge in [-0.25, -0.2) is 4.98 Å². The molecular formula is C20H23N5O2. The Balaban J connectivity index is 1.41. The first-order valence-corrected chi connectivity index (χ1v) is 9.72. The maximum absolute atomic E-state index is 13.0. The zero-order chi connectivity index (χ0) is 18.4. The van der Waals surface area contributed by atoms with Crippen molar-refractivity contribution in [2.24, 2.45) is 5.92 Å². The second kappa shape index (κ2) is 6.18. The molecule has 1 N–H and O–H groups in total. The van der Waals surface area contributed by atoms with Gasteiger partial charge >= 0.3 is 0 Å². The number of amides is 2. The fourth-order valence-corrected chi connectivity index (χ4v) is 4.61. The normalized spacial score (nSPS) is 21.2. The summed E-state index contributed by atoms with van der Waals surface area (Å²) in [6.07, 6.45) is 9.32. The van der Waals surface area contributed by atoms with Crippen LogP contribution >= 0.6 is 0 Å². The van der Waals surface area contributed by atoms with Gasteiger partial charge in [-0.05, 0) is 37.8 Å². The van der Waals surface area contributed by atoms with E-state index in [1.165, 1.54) is 0 Å². The predicted octanol–water partition coefficient (Wildman–Crippen LogP) is 1.73. The van der Waals surface area contributed by atoms with E-state index in [1.807, 2.05) is 4.90 Å². The third-order valence-electron chi connectivity index (χ3n) is 6.24. The number of rotatable bonds is 2. The molecule has 4 heterocycles. The minimum Gasteiger partial charge on any atom is -0.348 e. The number of hydrogen-bond donors (Lipinski definition) is 1. The van der Waals surface area contributed by atoms with Crippen LogP contribution in [0, 0.1) is 5.92 Å². The number of likely N-dealkylation sites (tertiary alicyclic amines) is 1. The van der Waals surface area contributed by atoms with E-state index in [0.717, 1.165) is 50.0 Å². The molecule has 0 bridgehead atoms. The van der Waals surface area contributed by atoms with Crippen LogP contribution in [-0.2, 0) is 16.8 Å². The Kier molecular flexibility index (Phi) is 3.77. The first-order valence-electron chi connectivity index (χ1n) is 9.72. The van der Waals surface area contributed by atoms with Crippen molar-refractivity contribution in [2.45, 2.75) is 37.6 Å². The molecule has 2 aliphatic heterocycles. The third-order valence-corrected chi connectivity index (χ3v) is 6.24. The Morgan fingerprint density at radius 1 is 1.19 bits per heavy atom. The van der Waals surface area contributed by atoms with Crippen molar-refractivity contribution in [3.63, 3.8) is 0 Å². The molecular weight excluding hydrogens is 342 g/mol. The quantitative estimate of drug-likeness (QED) is 0.879.